The highest BCUT2D eigenvalue weighted by molar-refractivity contribution is 7.59. The number of benzene rings is 1. The second-order valence-corrected chi connectivity index (χ2v) is 22.0. The minimum atomic E-state index is -1.39. The highest BCUT2D eigenvalue weighted by Crippen LogP contribution is 2.53. The van der Waals surface area contributed by atoms with Crippen LogP contribution in [0.1, 0.15) is 55.4 Å². The van der Waals surface area contributed by atoms with E-state index in [0.29, 0.717) is 0 Å². The van der Waals surface area contributed by atoms with Crippen molar-refractivity contribution in [3.05, 3.63) is 24.3 Å². The number of hydrogen-bond acceptors (Lipinski definition) is 0. The van der Waals surface area contributed by atoms with Gasteiger partial charge in [0.15, 0.2) is 0 Å². The Morgan fingerprint density at radius 1 is 0.550 bits per heavy atom. The Balaban J connectivity index is 2.84. The third-order valence-corrected chi connectivity index (χ3v) is 30.4. The van der Waals surface area contributed by atoms with Crippen molar-refractivity contribution in [3.63, 3.8) is 0 Å². The van der Waals surface area contributed by atoms with Gasteiger partial charge >= 0.3 is 0 Å². The van der Waals surface area contributed by atoms with Crippen molar-refractivity contribution in [2.45, 2.75) is 77.6 Å². The molecule has 1 aliphatic heterocycles. The quantitative estimate of drug-likeness (QED) is 0.705. The topological polar surface area (TPSA) is 0 Å². The molecule has 1 aromatic rings. The molecule has 0 saturated heterocycles. The van der Waals surface area contributed by atoms with Crippen LogP contribution in [0.15, 0.2) is 24.3 Å². The van der Waals surface area contributed by atoms with E-state index in [1.165, 1.54) is 0 Å². The van der Waals surface area contributed by atoms with Crippen LogP contribution in [0.3, 0.4) is 0 Å². The molecule has 0 radical (unpaired) electrons. The van der Waals surface area contributed by atoms with E-state index in [-0.39, 0.29) is 0 Å². The van der Waals surface area contributed by atoms with E-state index in [4.69, 9.17) is 0 Å². The smallest absolute Gasteiger partial charge is 0.0650 e. The molecule has 0 fully saturated rings. The van der Waals surface area contributed by atoms with Crippen LogP contribution in [0.5, 0.6) is 0 Å². The molecule has 0 N–H and O–H groups in total. The molecule has 1 aliphatic rings. The average molecular weight is 305 g/mol. The third kappa shape index (κ3) is 1.58. The predicted octanol–water partition coefficient (Wildman–Crippen LogP) is 4.73. The largest absolute Gasteiger partial charge is 0.0908 e. The number of hydrogen-bond donors (Lipinski definition) is 0. The third-order valence-electron chi connectivity index (χ3n) is 6.15. The fourth-order valence-electron chi connectivity index (χ4n) is 6.08. The van der Waals surface area contributed by atoms with Crippen LogP contribution < -0.4 is 10.4 Å². The lowest BCUT2D eigenvalue weighted by Crippen LogP contribution is -2.93. The maximum Gasteiger partial charge on any atom is 0.0908 e. The molecule has 0 amide bonds. The van der Waals surface area contributed by atoms with E-state index in [0.717, 1.165) is 22.2 Å². The van der Waals surface area contributed by atoms with Crippen LogP contribution in [-0.4, -0.2) is 15.2 Å². The Hall–Kier alpha value is -0.346. The van der Waals surface area contributed by atoms with Gasteiger partial charge in [0.25, 0.3) is 0 Å². The fraction of sp³-hybridized carbons (Fsp3) is 0.667. The van der Waals surface area contributed by atoms with Crippen LogP contribution in [0.25, 0.3) is 0 Å². The molecule has 0 nitrogen and oxygen atoms in total. The first-order valence-corrected chi connectivity index (χ1v) is 13.7. The summed E-state index contributed by atoms with van der Waals surface area (Å²) >= 11 is 0. The first kappa shape index (κ1) is 16.0. The van der Waals surface area contributed by atoms with E-state index in [1.807, 2.05) is 10.4 Å². The molecule has 0 atom stereocenters. The van der Waals surface area contributed by atoms with Gasteiger partial charge < -0.3 is 0 Å². The van der Waals surface area contributed by atoms with Crippen LogP contribution in [0.2, 0.25) is 22.2 Å². The summed E-state index contributed by atoms with van der Waals surface area (Å²) in [6.07, 6.45) is 0. The fourth-order valence-corrected chi connectivity index (χ4v) is 33.6. The highest BCUT2D eigenvalue weighted by Gasteiger charge is 2.70. The van der Waals surface area contributed by atoms with Gasteiger partial charge in [0, 0.05) is 0 Å². The highest BCUT2D eigenvalue weighted by atomic mass is 29.3. The summed E-state index contributed by atoms with van der Waals surface area (Å²) < 4.78 is 0. The van der Waals surface area contributed by atoms with Crippen molar-refractivity contribution in [1.29, 1.82) is 0 Å². The summed E-state index contributed by atoms with van der Waals surface area (Å²) in [7, 11) is -2.77. The van der Waals surface area contributed by atoms with E-state index < -0.39 is 15.2 Å². The Bertz CT molecular complexity index is 425. The zero-order chi connectivity index (χ0) is 15.3. The van der Waals surface area contributed by atoms with Gasteiger partial charge in [-0.25, -0.2) is 0 Å². The van der Waals surface area contributed by atoms with Gasteiger partial charge in [-0.3, -0.25) is 0 Å². The van der Waals surface area contributed by atoms with Crippen LogP contribution in [0, 0.1) is 0 Å². The molecule has 0 bridgehead atoms. The SMILES string of the molecule is CC(C)[Si]1(C(C)C)c2ccccc2[Si]1(C(C)C)C(C)C. The lowest BCUT2D eigenvalue weighted by molar-refractivity contribution is 0.875. The molecule has 1 heterocycles. The molecule has 2 heteroatoms. The van der Waals surface area contributed by atoms with Gasteiger partial charge in [0.1, 0.15) is 0 Å². The van der Waals surface area contributed by atoms with E-state index in [1.54, 1.807) is 0 Å². The second kappa shape index (κ2) is 5.13. The van der Waals surface area contributed by atoms with Gasteiger partial charge in [-0.2, -0.15) is 0 Å². The van der Waals surface area contributed by atoms with Gasteiger partial charge in [0.2, 0.25) is 0 Å². The number of fused-ring (bicyclic) bond motifs is 1. The minimum Gasteiger partial charge on any atom is -0.0650 e. The zero-order valence-corrected chi connectivity index (χ0v) is 16.6. The molecule has 0 aromatic heterocycles. The van der Waals surface area contributed by atoms with E-state index in [9.17, 15) is 0 Å². The maximum absolute atomic E-state index is 2.52. The van der Waals surface area contributed by atoms with Crippen molar-refractivity contribution >= 4 is 25.6 Å². The monoisotopic (exact) mass is 304 g/mol. The second-order valence-electron chi connectivity index (χ2n) is 7.90. The van der Waals surface area contributed by atoms with Crippen LogP contribution >= 0.6 is 0 Å². The van der Waals surface area contributed by atoms with Gasteiger partial charge in [0.05, 0.1) is 15.2 Å². The van der Waals surface area contributed by atoms with Crippen LogP contribution in [-0.2, 0) is 0 Å². The summed E-state index contributed by atoms with van der Waals surface area (Å²) in [6.45, 7) is 20.2. The molecule has 1 aromatic carbocycles. The average Bonchev–Trinajstić information content (AvgIpc) is 2.29. The summed E-state index contributed by atoms with van der Waals surface area (Å²) in [5, 5.41) is 3.64. The molecular formula is C18H32Si2. The first-order chi connectivity index (χ1) is 9.25. The molecule has 20 heavy (non-hydrogen) atoms. The lowest BCUT2D eigenvalue weighted by Gasteiger charge is -2.66. The summed E-state index contributed by atoms with van der Waals surface area (Å²) in [4.78, 5) is 0. The molecule has 0 saturated carbocycles. The van der Waals surface area contributed by atoms with E-state index in [2.05, 4.69) is 79.7 Å². The van der Waals surface area contributed by atoms with Crippen molar-refractivity contribution in [2.24, 2.45) is 0 Å². The molecular weight excluding hydrogens is 272 g/mol. The van der Waals surface area contributed by atoms with Crippen LogP contribution in [0.4, 0.5) is 0 Å². The molecule has 112 valence electrons. The number of rotatable bonds is 4. The normalized spacial score (nSPS) is 19.6. The first-order valence-electron chi connectivity index (χ1n) is 8.35. The Morgan fingerprint density at radius 2 is 0.800 bits per heavy atom. The van der Waals surface area contributed by atoms with Gasteiger partial charge in [-0.15, -0.1) is 0 Å². The predicted molar refractivity (Wildman–Crippen MR) is 97.6 cm³/mol. The summed E-state index contributed by atoms with van der Waals surface area (Å²) in [5.74, 6) is 0. The maximum atomic E-state index is 2.52. The van der Waals surface area contributed by atoms with Crippen molar-refractivity contribution < 1.29 is 0 Å². The standard InChI is InChI=1S/C18H32Si2/c1-13(2)19(14(3)4)17-11-9-10-12-18(17)20(19,15(5)6)16(7)8/h9-16H,1-8H3. The zero-order valence-electron chi connectivity index (χ0n) is 14.6. The minimum absolute atomic E-state index is 0.869. The molecule has 0 unspecified atom stereocenters. The molecule has 0 spiro atoms. The van der Waals surface area contributed by atoms with Crippen molar-refractivity contribution in [3.8, 4) is 0 Å². The van der Waals surface area contributed by atoms with Crippen molar-refractivity contribution in [1.82, 2.24) is 0 Å². The van der Waals surface area contributed by atoms with Gasteiger partial charge in [-0.1, -0.05) is 90.0 Å². The Morgan fingerprint density at radius 3 is 1.00 bits per heavy atom. The Kier molecular flexibility index (Phi) is 4.11. The molecule has 0 aliphatic carbocycles. The van der Waals surface area contributed by atoms with Gasteiger partial charge in [-0.05, 0) is 22.2 Å². The lowest BCUT2D eigenvalue weighted by atomic mass is 10.4. The summed E-state index contributed by atoms with van der Waals surface area (Å²) in [5.41, 5.74) is 3.48. The van der Waals surface area contributed by atoms with E-state index >= 15 is 0 Å². The van der Waals surface area contributed by atoms with Crippen molar-refractivity contribution in [2.75, 3.05) is 0 Å². The molecule has 2 rings (SSSR count). The summed E-state index contributed by atoms with van der Waals surface area (Å²) in [6, 6.07) is 9.53. The Labute approximate surface area is 127 Å².